The van der Waals surface area contributed by atoms with E-state index in [4.69, 9.17) is 10.5 Å². The predicted octanol–water partition coefficient (Wildman–Crippen LogP) is 2.88. The van der Waals surface area contributed by atoms with Crippen molar-refractivity contribution in [3.8, 4) is 5.75 Å². The van der Waals surface area contributed by atoms with Crippen LogP contribution in [0, 0.1) is 0 Å². The van der Waals surface area contributed by atoms with Gasteiger partial charge in [0.2, 0.25) is 0 Å². The molecule has 15 heavy (non-hydrogen) atoms. The van der Waals surface area contributed by atoms with E-state index in [0.29, 0.717) is 6.04 Å². The van der Waals surface area contributed by atoms with Crippen LogP contribution in [0.15, 0.2) is 18.2 Å². The molecule has 0 unspecified atom stereocenters. The number of hydrogen-bond acceptors (Lipinski definition) is 3. The number of nitrogen functional groups attached to an aromatic ring is 1. The van der Waals surface area contributed by atoms with E-state index < -0.39 is 0 Å². The minimum atomic E-state index is 0.473. The summed E-state index contributed by atoms with van der Waals surface area (Å²) < 4.78 is 5.27. The largest absolute Gasteiger partial charge is 0.495 e. The van der Waals surface area contributed by atoms with Gasteiger partial charge in [0.1, 0.15) is 5.75 Å². The van der Waals surface area contributed by atoms with E-state index in [1.807, 2.05) is 18.2 Å². The van der Waals surface area contributed by atoms with Crippen molar-refractivity contribution < 1.29 is 4.74 Å². The van der Waals surface area contributed by atoms with Gasteiger partial charge in [-0.25, -0.2) is 0 Å². The summed E-state index contributed by atoms with van der Waals surface area (Å²) in [4.78, 5) is 0. The zero-order valence-corrected chi connectivity index (χ0v) is 9.71. The van der Waals surface area contributed by atoms with Crippen molar-refractivity contribution >= 4 is 11.4 Å². The number of ether oxygens (including phenoxy) is 1. The SMILES string of the molecule is CCC(CC)Nc1cc(N)ccc1OC. The predicted molar refractivity (Wildman–Crippen MR) is 65.4 cm³/mol. The second-order valence-corrected chi connectivity index (χ2v) is 3.62. The normalized spacial score (nSPS) is 10.4. The Kier molecular flexibility index (Phi) is 4.28. The van der Waals surface area contributed by atoms with E-state index in [1.165, 1.54) is 0 Å². The number of hydrogen-bond donors (Lipinski definition) is 2. The van der Waals surface area contributed by atoms with Crippen LogP contribution in [-0.4, -0.2) is 13.2 Å². The van der Waals surface area contributed by atoms with Crippen LogP contribution in [0.5, 0.6) is 5.75 Å². The van der Waals surface area contributed by atoms with E-state index in [1.54, 1.807) is 7.11 Å². The maximum atomic E-state index is 5.75. The fourth-order valence-corrected chi connectivity index (χ4v) is 1.55. The van der Waals surface area contributed by atoms with Crippen LogP contribution in [0.2, 0.25) is 0 Å². The monoisotopic (exact) mass is 208 g/mol. The first-order valence-corrected chi connectivity index (χ1v) is 5.41. The standard InChI is InChI=1S/C12H20N2O/c1-4-10(5-2)14-11-8-9(13)6-7-12(11)15-3/h6-8,10,14H,4-5,13H2,1-3H3. The summed E-state index contributed by atoms with van der Waals surface area (Å²) in [5.74, 6) is 0.844. The molecule has 3 nitrogen and oxygen atoms in total. The number of anilines is 2. The molecule has 0 aromatic heterocycles. The molecular formula is C12H20N2O. The summed E-state index contributed by atoms with van der Waals surface area (Å²) in [5.41, 5.74) is 7.48. The van der Waals surface area contributed by atoms with E-state index >= 15 is 0 Å². The minimum Gasteiger partial charge on any atom is -0.495 e. The molecule has 0 heterocycles. The molecule has 0 radical (unpaired) electrons. The van der Waals surface area contributed by atoms with Gasteiger partial charge in [0, 0.05) is 11.7 Å². The molecular weight excluding hydrogens is 188 g/mol. The van der Waals surface area contributed by atoms with Gasteiger partial charge in [-0.2, -0.15) is 0 Å². The fraction of sp³-hybridized carbons (Fsp3) is 0.500. The highest BCUT2D eigenvalue weighted by molar-refractivity contribution is 5.63. The maximum Gasteiger partial charge on any atom is 0.142 e. The lowest BCUT2D eigenvalue weighted by atomic mass is 10.1. The van der Waals surface area contributed by atoms with Crippen LogP contribution < -0.4 is 15.8 Å². The van der Waals surface area contributed by atoms with Crippen LogP contribution in [0.4, 0.5) is 11.4 Å². The van der Waals surface area contributed by atoms with Gasteiger partial charge in [0.05, 0.1) is 12.8 Å². The smallest absolute Gasteiger partial charge is 0.142 e. The zero-order valence-electron chi connectivity index (χ0n) is 9.71. The van der Waals surface area contributed by atoms with E-state index in [-0.39, 0.29) is 0 Å². The highest BCUT2D eigenvalue weighted by Gasteiger charge is 2.07. The van der Waals surface area contributed by atoms with Crippen molar-refractivity contribution in [3.05, 3.63) is 18.2 Å². The maximum absolute atomic E-state index is 5.75. The molecule has 0 saturated heterocycles. The number of rotatable bonds is 5. The Hall–Kier alpha value is -1.38. The Balaban J connectivity index is 2.86. The Labute approximate surface area is 91.6 Å². The second kappa shape index (κ2) is 5.49. The van der Waals surface area contributed by atoms with Gasteiger partial charge in [-0.1, -0.05) is 13.8 Å². The number of methoxy groups -OCH3 is 1. The van der Waals surface area contributed by atoms with Gasteiger partial charge in [-0.05, 0) is 31.0 Å². The zero-order chi connectivity index (χ0) is 11.3. The topological polar surface area (TPSA) is 47.3 Å². The highest BCUT2D eigenvalue weighted by atomic mass is 16.5. The van der Waals surface area contributed by atoms with Crippen molar-refractivity contribution in [3.63, 3.8) is 0 Å². The van der Waals surface area contributed by atoms with Crippen molar-refractivity contribution in [1.82, 2.24) is 0 Å². The molecule has 0 bridgehead atoms. The molecule has 1 aromatic carbocycles. The van der Waals surface area contributed by atoms with E-state index in [9.17, 15) is 0 Å². The van der Waals surface area contributed by atoms with Crippen LogP contribution >= 0.6 is 0 Å². The van der Waals surface area contributed by atoms with Gasteiger partial charge >= 0.3 is 0 Å². The molecule has 1 aromatic rings. The van der Waals surface area contributed by atoms with Crippen molar-refractivity contribution in [2.45, 2.75) is 32.7 Å². The third-order valence-electron chi connectivity index (χ3n) is 2.57. The lowest BCUT2D eigenvalue weighted by Crippen LogP contribution is -2.17. The summed E-state index contributed by atoms with van der Waals surface area (Å²) >= 11 is 0. The first kappa shape index (κ1) is 11.7. The average Bonchev–Trinajstić information content (AvgIpc) is 2.26. The van der Waals surface area contributed by atoms with E-state index in [2.05, 4.69) is 19.2 Å². The molecule has 0 spiro atoms. The van der Waals surface area contributed by atoms with Gasteiger partial charge in [0.15, 0.2) is 0 Å². The van der Waals surface area contributed by atoms with E-state index in [0.717, 1.165) is 30.0 Å². The molecule has 1 rings (SSSR count). The van der Waals surface area contributed by atoms with Crippen molar-refractivity contribution in [2.24, 2.45) is 0 Å². The van der Waals surface area contributed by atoms with Crippen LogP contribution in [0.3, 0.4) is 0 Å². The molecule has 3 N–H and O–H groups in total. The third kappa shape index (κ3) is 3.05. The van der Waals surface area contributed by atoms with Gasteiger partial charge in [-0.15, -0.1) is 0 Å². The Bertz CT molecular complexity index is 308. The first-order chi connectivity index (χ1) is 7.21. The molecule has 0 atom stereocenters. The molecule has 0 saturated carbocycles. The average molecular weight is 208 g/mol. The lowest BCUT2D eigenvalue weighted by Gasteiger charge is -2.18. The third-order valence-corrected chi connectivity index (χ3v) is 2.57. The van der Waals surface area contributed by atoms with Gasteiger partial charge in [0.25, 0.3) is 0 Å². The molecule has 0 amide bonds. The quantitative estimate of drug-likeness (QED) is 0.731. The lowest BCUT2D eigenvalue weighted by molar-refractivity contribution is 0.416. The van der Waals surface area contributed by atoms with Gasteiger partial charge in [-0.3, -0.25) is 0 Å². The second-order valence-electron chi connectivity index (χ2n) is 3.62. The number of nitrogens with two attached hydrogens (primary N) is 1. The molecule has 84 valence electrons. The molecule has 0 aliphatic carbocycles. The van der Waals surface area contributed by atoms with Crippen LogP contribution in [0.1, 0.15) is 26.7 Å². The van der Waals surface area contributed by atoms with Gasteiger partial charge < -0.3 is 15.8 Å². The molecule has 0 aliphatic heterocycles. The summed E-state index contributed by atoms with van der Waals surface area (Å²) in [7, 11) is 1.67. The number of nitrogens with one attached hydrogen (secondary N) is 1. The Morgan fingerprint density at radius 1 is 1.33 bits per heavy atom. The molecule has 0 fully saturated rings. The fourth-order valence-electron chi connectivity index (χ4n) is 1.55. The summed E-state index contributed by atoms with van der Waals surface area (Å²) in [6, 6.07) is 6.12. The highest BCUT2D eigenvalue weighted by Crippen LogP contribution is 2.27. The van der Waals surface area contributed by atoms with Crippen LogP contribution in [0.25, 0.3) is 0 Å². The molecule has 3 heteroatoms. The van der Waals surface area contributed by atoms with Crippen molar-refractivity contribution in [1.29, 1.82) is 0 Å². The Morgan fingerprint density at radius 3 is 2.53 bits per heavy atom. The Morgan fingerprint density at radius 2 is 2.00 bits per heavy atom. The summed E-state index contributed by atoms with van der Waals surface area (Å²) in [6.45, 7) is 4.33. The summed E-state index contributed by atoms with van der Waals surface area (Å²) in [5, 5.41) is 3.43. The summed E-state index contributed by atoms with van der Waals surface area (Å²) in [6.07, 6.45) is 2.18. The first-order valence-electron chi connectivity index (χ1n) is 5.41. The van der Waals surface area contributed by atoms with Crippen LogP contribution in [-0.2, 0) is 0 Å². The number of benzene rings is 1. The van der Waals surface area contributed by atoms with Crippen molar-refractivity contribution in [2.75, 3.05) is 18.2 Å². The molecule has 0 aliphatic rings. The minimum absolute atomic E-state index is 0.473.